The van der Waals surface area contributed by atoms with Gasteiger partial charge in [-0.25, -0.2) is 8.42 Å². The molecule has 4 N–H and O–H groups in total. The summed E-state index contributed by atoms with van der Waals surface area (Å²) in [6.45, 7) is 5.69. The number of nitrogens with zero attached hydrogens (tertiary/aromatic N) is 2. The zero-order valence-corrected chi connectivity index (χ0v) is 14.3. The first kappa shape index (κ1) is 18.6. The summed E-state index contributed by atoms with van der Waals surface area (Å²) in [5, 5.41) is 6.50. The van der Waals surface area contributed by atoms with Gasteiger partial charge in [0.1, 0.15) is 4.90 Å². The summed E-state index contributed by atoms with van der Waals surface area (Å²) >= 11 is 0. The van der Waals surface area contributed by atoms with E-state index in [9.17, 15) is 13.2 Å². The second kappa shape index (κ2) is 7.21. The predicted molar refractivity (Wildman–Crippen MR) is 83.5 cm³/mol. The summed E-state index contributed by atoms with van der Waals surface area (Å²) in [6, 6.07) is -0.900. The van der Waals surface area contributed by atoms with E-state index in [1.807, 2.05) is 13.8 Å². The lowest BCUT2D eigenvalue weighted by Gasteiger charge is -2.27. The highest BCUT2D eigenvalue weighted by Gasteiger charge is 2.26. The van der Waals surface area contributed by atoms with Crippen LogP contribution in [0.3, 0.4) is 0 Å². The van der Waals surface area contributed by atoms with Crippen LogP contribution >= 0.6 is 0 Å². The first-order valence-corrected chi connectivity index (χ1v) is 8.69. The first-order chi connectivity index (χ1) is 10.1. The molecule has 8 nitrogen and oxygen atoms in total. The van der Waals surface area contributed by atoms with Gasteiger partial charge in [-0.2, -0.15) is 9.82 Å². The fraction of sp³-hybridized carbons (Fsp3) is 0.692. The minimum absolute atomic E-state index is 0.0185. The van der Waals surface area contributed by atoms with Crippen molar-refractivity contribution in [3.63, 3.8) is 0 Å². The van der Waals surface area contributed by atoms with Gasteiger partial charge in [-0.05, 0) is 19.8 Å². The molecule has 0 aliphatic rings. The molecule has 1 atom stereocenters. The van der Waals surface area contributed by atoms with E-state index in [1.165, 1.54) is 24.0 Å². The van der Waals surface area contributed by atoms with E-state index in [2.05, 4.69) is 15.1 Å². The van der Waals surface area contributed by atoms with E-state index >= 15 is 0 Å². The Morgan fingerprint density at radius 3 is 2.50 bits per heavy atom. The van der Waals surface area contributed by atoms with E-state index in [4.69, 9.17) is 5.73 Å². The maximum atomic E-state index is 12.1. The van der Waals surface area contributed by atoms with Crippen LogP contribution in [0, 0.1) is 0 Å². The summed E-state index contributed by atoms with van der Waals surface area (Å²) in [6.07, 6.45) is 4.04. The van der Waals surface area contributed by atoms with Gasteiger partial charge in [0.25, 0.3) is 0 Å². The van der Waals surface area contributed by atoms with Crippen molar-refractivity contribution in [1.82, 2.24) is 19.8 Å². The summed E-state index contributed by atoms with van der Waals surface area (Å²) in [5.41, 5.74) is 5.63. The number of nitrogens with one attached hydrogen (secondary N) is 2. The van der Waals surface area contributed by atoms with Gasteiger partial charge in [-0.1, -0.05) is 13.8 Å². The molecule has 0 aromatic carbocycles. The maximum absolute atomic E-state index is 12.1. The van der Waals surface area contributed by atoms with Crippen molar-refractivity contribution >= 4 is 15.9 Å². The molecule has 1 aromatic rings. The minimum atomic E-state index is -3.77. The summed E-state index contributed by atoms with van der Waals surface area (Å²) in [7, 11) is -2.16. The molecule has 1 unspecified atom stereocenters. The number of hydrogen-bond acceptors (Lipinski definition) is 5. The molecule has 1 aromatic heterocycles. The van der Waals surface area contributed by atoms with Crippen LogP contribution in [0.15, 0.2) is 17.3 Å². The molecule has 1 rings (SSSR count). The predicted octanol–water partition coefficient (Wildman–Crippen LogP) is -0.279. The van der Waals surface area contributed by atoms with E-state index in [1.54, 1.807) is 7.05 Å². The lowest BCUT2D eigenvalue weighted by Crippen LogP contribution is -2.53. The van der Waals surface area contributed by atoms with Crippen molar-refractivity contribution in [2.45, 2.75) is 50.1 Å². The first-order valence-electron chi connectivity index (χ1n) is 7.21. The third-order valence-corrected chi connectivity index (χ3v) is 5.23. The van der Waals surface area contributed by atoms with Crippen molar-refractivity contribution in [1.29, 1.82) is 0 Å². The van der Waals surface area contributed by atoms with E-state index in [0.29, 0.717) is 6.54 Å². The van der Waals surface area contributed by atoms with Crippen molar-refractivity contribution in [2.75, 3.05) is 6.54 Å². The van der Waals surface area contributed by atoms with Crippen LogP contribution < -0.4 is 15.8 Å². The van der Waals surface area contributed by atoms with Gasteiger partial charge in [-0.15, -0.1) is 0 Å². The zero-order chi connectivity index (χ0) is 17.0. The third kappa shape index (κ3) is 4.79. The highest BCUT2D eigenvalue weighted by Crippen LogP contribution is 2.10. The topological polar surface area (TPSA) is 119 Å². The fourth-order valence-corrected chi connectivity index (χ4v) is 2.99. The smallest absolute Gasteiger partial charge is 0.244 e. The Labute approximate surface area is 131 Å². The maximum Gasteiger partial charge on any atom is 0.244 e. The molecule has 0 radical (unpaired) electrons. The van der Waals surface area contributed by atoms with Crippen LogP contribution in [0.2, 0.25) is 0 Å². The molecule has 0 spiro atoms. The Bertz CT molecular complexity index is 607. The normalized spacial score (nSPS) is 13.9. The lowest BCUT2D eigenvalue weighted by molar-refractivity contribution is -0.122. The number of nitrogens with two attached hydrogens (primary N) is 1. The quantitative estimate of drug-likeness (QED) is 0.605. The van der Waals surface area contributed by atoms with E-state index in [0.717, 1.165) is 12.8 Å². The number of carbonyl (C=O) groups excluding carboxylic acids is 1. The van der Waals surface area contributed by atoms with Crippen LogP contribution in [0.5, 0.6) is 0 Å². The second-order valence-corrected chi connectivity index (χ2v) is 7.19. The van der Waals surface area contributed by atoms with Crippen LogP contribution in [-0.4, -0.2) is 42.2 Å². The molecule has 126 valence electrons. The van der Waals surface area contributed by atoms with Crippen LogP contribution in [0.4, 0.5) is 0 Å². The van der Waals surface area contributed by atoms with Crippen LogP contribution in [0.1, 0.15) is 33.6 Å². The van der Waals surface area contributed by atoms with Gasteiger partial charge >= 0.3 is 0 Å². The average molecular weight is 331 g/mol. The van der Waals surface area contributed by atoms with Gasteiger partial charge < -0.3 is 11.1 Å². The van der Waals surface area contributed by atoms with Crippen molar-refractivity contribution < 1.29 is 13.2 Å². The molecule has 0 saturated heterocycles. The van der Waals surface area contributed by atoms with E-state index < -0.39 is 27.5 Å². The van der Waals surface area contributed by atoms with Crippen LogP contribution in [0.25, 0.3) is 0 Å². The largest absolute Gasteiger partial charge is 0.353 e. The number of rotatable bonds is 8. The third-order valence-electron chi connectivity index (χ3n) is 3.74. The number of aromatic nitrogens is 2. The fourth-order valence-electron chi connectivity index (χ4n) is 1.81. The van der Waals surface area contributed by atoms with Gasteiger partial charge in [0.2, 0.25) is 15.9 Å². The van der Waals surface area contributed by atoms with Gasteiger partial charge in [0, 0.05) is 25.3 Å². The minimum Gasteiger partial charge on any atom is -0.353 e. The molecule has 0 aliphatic carbocycles. The standard InChI is InChI=1S/C13H25N5O3S/c1-5-13(14,6-2)9-15-12(19)10(3)17-22(20,21)11-7-16-18(4)8-11/h7-8,10,17H,5-6,9,14H2,1-4H3,(H,15,19). The van der Waals surface area contributed by atoms with Gasteiger partial charge in [-0.3, -0.25) is 9.48 Å². The number of aryl methyl sites for hydroxylation is 1. The summed E-state index contributed by atoms with van der Waals surface area (Å²) in [4.78, 5) is 12.0. The Morgan fingerprint density at radius 1 is 1.45 bits per heavy atom. The average Bonchev–Trinajstić information content (AvgIpc) is 2.91. The van der Waals surface area contributed by atoms with Crippen molar-refractivity contribution in [3.8, 4) is 0 Å². The SMILES string of the molecule is CCC(N)(CC)CNC(=O)C(C)NS(=O)(=O)c1cnn(C)c1. The molecular weight excluding hydrogens is 306 g/mol. The number of sulfonamides is 1. The number of amides is 1. The highest BCUT2D eigenvalue weighted by molar-refractivity contribution is 7.89. The van der Waals surface area contributed by atoms with Crippen molar-refractivity contribution in [3.05, 3.63) is 12.4 Å². The Balaban J connectivity index is 2.65. The molecule has 0 saturated carbocycles. The zero-order valence-electron chi connectivity index (χ0n) is 13.5. The highest BCUT2D eigenvalue weighted by atomic mass is 32.2. The molecule has 22 heavy (non-hydrogen) atoms. The van der Waals surface area contributed by atoms with E-state index in [-0.39, 0.29) is 4.90 Å². The van der Waals surface area contributed by atoms with Gasteiger partial charge in [0.15, 0.2) is 0 Å². The second-order valence-electron chi connectivity index (χ2n) is 5.48. The van der Waals surface area contributed by atoms with Gasteiger partial charge in [0.05, 0.1) is 12.2 Å². The Hall–Kier alpha value is -1.45. The number of carbonyl (C=O) groups is 1. The Kier molecular flexibility index (Phi) is 6.09. The monoisotopic (exact) mass is 331 g/mol. The molecule has 0 fully saturated rings. The lowest BCUT2D eigenvalue weighted by atomic mass is 9.94. The molecule has 0 bridgehead atoms. The molecule has 1 heterocycles. The van der Waals surface area contributed by atoms with Crippen LogP contribution in [-0.2, 0) is 21.9 Å². The van der Waals surface area contributed by atoms with Crippen molar-refractivity contribution in [2.24, 2.45) is 12.8 Å². The Morgan fingerprint density at radius 2 is 2.05 bits per heavy atom. The molecule has 1 amide bonds. The molecular formula is C13H25N5O3S. The summed E-state index contributed by atoms with van der Waals surface area (Å²) in [5.74, 6) is -0.413. The summed E-state index contributed by atoms with van der Waals surface area (Å²) < 4.78 is 27.9. The molecule has 0 aliphatic heterocycles. The molecule has 9 heteroatoms. The number of hydrogen-bond donors (Lipinski definition) is 3.